The Morgan fingerprint density at radius 1 is 1.21 bits per heavy atom. The Bertz CT molecular complexity index is 585. The second-order valence-corrected chi connectivity index (χ2v) is 5.61. The van der Waals surface area contributed by atoms with E-state index in [4.69, 9.17) is 11.6 Å². The molecule has 0 aromatic heterocycles. The predicted molar refractivity (Wildman–Crippen MR) is 77.9 cm³/mol. The third-order valence-electron chi connectivity index (χ3n) is 3.05. The number of nitrogens with zero attached hydrogens (tertiary/aromatic N) is 1. The van der Waals surface area contributed by atoms with Crippen molar-refractivity contribution in [2.24, 2.45) is 0 Å². The second-order valence-electron chi connectivity index (χ2n) is 4.27. The highest BCUT2D eigenvalue weighted by atomic mass is 35.5. The molecule has 0 spiro atoms. The Morgan fingerprint density at radius 3 is 2.89 bits per heavy atom. The molecule has 0 amide bonds. The first-order valence-electron chi connectivity index (χ1n) is 5.92. The minimum Gasteiger partial charge on any atom is -0.352 e. The molecule has 0 atom stereocenters. The lowest BCUT2D eigenvalue weighted by Crippen LogP contribution is -2.34. The van der Waals surface area contributed by atoms with E-state index in [1.54, 1.807) is 24.1 Å². The van der Waals surface area contributed by atoms with Gasteiger partial charge in [0.1, 0.15) is 5.82 Å². The van der Waals surface area contributed by atoms with E-state index in [0.29, 0.717) is 23.8 Å². The van der Waals surface area contributed by atoms with E-state index in [-0.39, 0.29) is 5.82 Å². The normalized spacial score (nSPS) is 14.3. The summed E-state index contributed by atoms with van der Waals surface area (Å²) < 4.78 is 17.1. The Kier molecular flexibility index (Phi) is 3.64. The molecular weight excluding hydrogens is 283 g/mol. The van der Waals surface area contributed by atoms with Crippen LogP contribution in [0, 0.1) is 5.82 Å². The molecule has 1 aliphatic heterocycles. The monoisotopic (exact) mass is 294 g/mol. The van der Waals surface area contributed by atoms with E-state index in [1.165, 1.54) is 6.07 Å². The number of rotatable bonds is 2. The van der Waals surface area contributed by atoms with Crippen molar-refractivity contribution in [1.29, 1.82) is 0 Å². The van der Waals surface area contributed by atoms with E-state index in [9.17, 15) is 4.39 Å². The minimum absolute atomic E-state index is 0.261. The minimum atomic E-state index is -0.261. The lowest BCUT2D eigenvalue weighted by atomic mass is 10.2. The number of benzene rings is 2. The van der Waals surface area contributed by atoms with Crippen molar-refractivity contribution >= 4 is 29.2 Å². The van der Waals surface area contributed by atoms with Gasteiger partial charge in [-0.15, -0.1) is 0 Å². The molecule has 5 heteroatoms. The van der Waals surface area contributed by atoms with E-state index < -0.39 is 0 Å². The lowest BCUT2D eigenvalue weighted by molar-refractivity contribution is 0.602. The number of para-hydroxylation sites is 1. The van der Waals surface area contributed by atoms with Crippen LogP contribution >= 0.6 is 23.5 Å². The van der Waals surface area contributed by atoms with Gasteiger partial charge in [-0.1, -0.05) is 29.8 Å². The molecule has 0 saturated carbocycles. The van der Waals surface area contributed by atoms with E-state index in [1.807, 2.05) is 24.3 Å². The summed E-state index contributed by atoms with van der Waals surface area (Å²) in [5.74, 6) is -0.261. The third kappa shape index (κ3) is 2.56. The Balaban J connectivity index is 1.93. The number of nitrogens with one attached hydrogen (secondary N) is 1. The fourth-order valence-corrected chi connectivity index (χ4v) is 3.14. The molecule has 0 aliphatic carbocycles. The number of hydrogen-bond acceptors (Lipinski definition) is 3. The zero-order valence-electron chi connectivity index (χ0n) is 10.1. The Morgan fingerprint density at radius 2 is 2.05 bits per heavy atom. The fraction of sp³-hybridized carbons (Fsp3) is 0.143. The van der Waals surface area contributed by atoms with E-state index in [0.717, 1.165) is 10.6 Å². The van der Waals surface area contributed by atoms with Crippen LogP contribution in [0.1, 0.15) is 5.56 Å². The zero-order valence-corrected chi connectivity index (χ0v) is 11.6. The topological polar surface area (TPSA) is 15.3 Å². The maximum Gasteiger partial charge on any atom is 0.129 e. The van der Waals surface area contributed by atoms with Crippen LogP contribution in [0.15, 0.2) is 47.4 Å². The van der Waals surface area contributed by atoms with Crippen LogP contribution in [0.2, 0.25) is 5.02 Å². The van der Waals surface area contributed by atoms with Gasteiger partial charge in [-0.2, -0.15) is 0 Å². The highest BCUT2D eigenvalue weighted by Gasteiger charge is 2.19. The van der Waals surface area contributed by atoms with Crippen LogP contribution in [0.25, 0.3) is 0 Å². The zero-order chi connectivity index (χ0) is 13.2. The van der Waals surface area contributed by atoms with Gasteiger partial charge in [-0.05, 0) is 36.2 Å². The van der Waals surface area contributed by atoms with Crippen LogP contribution in [0.5, 0.6) is 0 Å². The number of hydrogen-bond donors (Lipinski definition) is 1. The molecule has 0 radical (unpaired) electrons. The summed E-state index contributed by atoms with van der Waals surface area (Å²) in [6.45, 7) is 1.11. The van der Waals surface area contributed by atoms with Crippen molar-refractivity contribution in [3.8, 4) is 0 Å². The molecule has 1 N–H and O–H groups in total. The van der Waals surface area contributed by atoms with Crippen molar-refractivity contribution < 1.29 is 4.39 Å². The van der Waals surface area contributed by atoms with Gasteiger partial charge in [0, 0.05) is 22.0 Å². The highest BCUT2D eigenvalue weighted by Crippen LogP contribution is 2.33. The molecule has 98 valence electrons. The van der Waals surface area contributed by atoms with Crippen LogP contribution < -0.4 is 9.62 Å². The van der Waals surface area contributed by atoms with Crippen molar-refractivity contribution in [2.75, 3.05) is 11.6 Å². The quantitative estimate of drug-likeness (QED) is 0.841. The molecule has 1 aliphatic rings. The first-order chi connectivity index (χ1) is 9.25. The lowest BCUT2D eigenvalue weighted by Gasteiger charge is -2.31. The summed E-state index contributed by atoms with van der Waals surface area (Å²) in [6.07, 6.45) is 0. The summed E-state index contributed by atoms with van der Waals surface area (Å²) >= 11 is 7.68. The molecule has 19 heavy (non-hydrogen) atoms. The van der Waals surface area contributed by atoms with E-state index in [2.05, 4.69) is 9.62 Å². The van der Waals surface area contributed by atoms with Gasteiger partial charge < -0.3 is 4.90 Å². The van der Waals surface area contributed by atoms with Crippen molar-refractivity contribution in [3.05, 3.63) is 58.9 Å². The summed E-state index contributed by atoms with van der Waals surface area (Å²) in [5.41, 5.74) is 1.64. The van der Waals surface area contributed by atoms with Gasteiger partial charge in [-0.3, -0.25) is 0 Å². The molecular formula is C14H12ClFN2S. The smallest absolute Gasteiger partial charge is 0.129 e. The first kappa shape index (κ1) is 12.8. The standard InChI is InChI=1S/C14H12ClFN2S/c15-11-4-3-5-12(16)10(11)8-18-9-17-19-14-7-2-1-6-13(14)18/h1-7,17H,8-9H2. The maximum atomic E-state index is 13.8. The Labute approximate surface area is 120 Å². The van der Waals surface area contributed by atoms with Gasteiger partial charge in [-0.25, -0.2) is 9.11 Å². The Hall–Kier alpha value is -1.23. The number of halogens is 2. The predicted octanol–water partition coefficient (Wildman–Crippen LogP) is 4.05. The van der Waals surface area contributed by atoms with Crippen molar-refractivity contribution in [1.82, 2.24) is 4.72 Å². The fourth-order valence-electron chi connectivity index (χ4n) is 2.09. The molecule has 2 aromatic rings. The molecule has 2 aromatic carbocycles. The summed E-state index contributed by atoms with van der Waals surface area (Å²) in [4.78, 5) is 3.22. The van der Waals surface area contributed by atoms with Crippen LogP contribution in [-0.4, -0.2) is 6.67 Å². The summed E-state index contributed by atoms with van der Waals surface area (Å²) in [6, 6.07) is 12.9. The van der Waals surface area contributed by atoms with Crippen LogP contribution in [-0.2, 0) is 6.54 Å². The van der Waals surface area contributed by atoms with Crippen LogP contribution in [0.4, 0.5) is 10.1 Å². The van der Waals surface area contributed by atoms with Crippen LogP contribution in [0.3, 0.4) is 0 Å². The summed E-state index contributed by atoms with van der Waals surface area (Å²) in [5, 5.41) is 0.468. The van der Waals surface area contributed by atoms with Gasteiger partial charge >= 0.3 is 0 Å². The average Bonchev–Trinajstić information content (AvgIpc) is 2.43. The highest BCUT2D eigenvalue weighted by molar-refractivity contribution is 7.97. The van der Waals surface area contributed by atoms with E-state index >= 15 is 0 Å². The third-order valence-corrected chi connectivity index (χ3v) is 4.25. The largest absolute Gasteiger partial charge is 0.352 e. The molecule has 1 heterocycles. The average molecular weight is 295 g/mol. The number of anilines is 1. The molecule has 3 rings (SSSR count). The van der Waals surface area contributed by atoms with Gasteiger partial charge in [0.15, 0.2) is 0 Å². The molecule has 2 nitrogen and oxygen atoms in total. The molecule has 0 unspecified atom stereocenters. The van der Waals surface area contributed by atoms with Gasteiger partial charge in [0.25, 0.3) is 0 Å². The van der Waals surface area contributed by atoms with Gasteiger partial charge in [0.05, 0.1) is 12.4 Å². The van der Waals surface area contributed by atoms with Gasteiger partial charge in [0.2, 0.25) is 0 Å². The SMILES string of the molecule is Fc1cccc(Cl)c1CN1CNSc2ccccc21. The second kappa shape index (κ2) is 5.41. The summed E-state index contributed by atoms with van der Waals surface area (Å²) in [7, 11) is 0. The van der Waals surface area contributed by atoms with Crippen molar-refractivity contribution in [3.63, 3.8) is 0 Å². The van der Waals surface area contributed by atoms with Crippen molar-refractivity contribution in [2.45, 2.75) is 11.4 Å². The molecule has 0 bridgehead atoms. The maximum absolute atomic E-state index is 13.8. The molecule has 0 saturated heterocycles. The number of fused-ring (bicyclic) bond motifs is 1. The molecule has 0 fully saturated rings. The first-order valence-corrected chi connectivity index (χ1v) is 7.12.